The molecule has 0 atom stereocenters. The van der Waals surface area contributed by atoms with Gasteiger partial charge < -0.3 is 4.74 Å². The fourth-order valence-corrected chi connectivity index (χ4v) is 1.37. The molecule has 0 aliphatic heterocycles. The van der Waals surface area contributed by atoms with E-state index in [0.717, 1.165) is 12.5 Å². The molecule has 0 unspecified atom stereocenters. The van der Waals surface area contributed by atoms with Crippen LogP contribution in [0.15, 0.2) is 24.0 Å². The zero-order valence-electron chi connectivity index (χ0n) is 9.76. The third-order valence-corrected chi connectivity index (χ3v) is 2.15. The number of nitrogens with zero attached hydrogens (tertiary/aromatic N) is 1. The molecule has 0 aliphatic rings. The van der Waals surface area contributed by atoms with Crippen LogP contribution in [0.1, 0.15) is 32.3 Å². The predicted octanol–water partition coefficient (Wildman–Crippen LogP) is 3.92. The Morgan fingerprint density at radius 3 is 2.65 bits per heavy atom. The molecule has 0 saturated carbocycles. The van der Waals surface area contributed by atoms with Crippen LogP contribution in [0.25, 0.3) is 0 Å². The lowest BCUT2D eigenvalue weighted by Crippen LogP contribution is -1.99. The van der Waals surface area contributed by atoms with Gasteiger partial charge in [0.1, 0.15) is 23.3 Å². The summed E-state index contributed by atoms with van der Waals surface area (Å²) >= 11 is 0. The molecular formula is C13H13F2NO. The highest BCUT2D eigenvalue weighted by molar-refractivity contribution is 5.45. The van der Waals surface area contributed by atoms with Crippen molar-refractivity contribution in [1.29, 1.82) is 5.26 Å². The topological polar surface area (TPSA) is 33.0 Å². The SMILES string of the molecule is CCC=C(CC)Oc1cc(F)cc(F)c1C#N. The second kappa shape index (κ2) is 6.00. The number of nitriles is 1. The van der Waals surface area contributed by atoms with Gasteiger partial charge in [0.2, 0.25) is 0 Å². The van der Waals surface area contributed by atoms with Gasteiger partial charge in [0.15, 0.2) is 5.75 Å². The average Bonchev–Trinajstić information content (AvgIpc) is 2.28. The molecule has 0 aliphatic carbocycles. The Bertz CT molecular complexity index is 475. The summed E-state index contributed by atoms with van der Waals surface area (Å²) in [6, 6.07) is 3.35. The van der Waals surface area contributed by atoms with Gasteiger partial charge in [-0.25, -0.2) is 8.78 Å². The summed E-state index contributed by atoms with van der Waals surface area (Å²) < 4.78 is 31.7. The second-order valence-corrected chi connectivity index (χ2v) is 3.41. The predicted molar refractivity (Wildman–Crippen MR) is 60.4 cm³/mol. The van der Waals surface area contributed by atoms with Gasteiger partial charge in [0.25, 0.3) is 0 Å². The molecule has 0 aromatic heterocycles. The normalized spacial score (nSPS) is 11.1. The zero-order valence-corrected chi connectivity index (χ0v) is 9.76. The number of benzene rings is 1. The molecule has 0 fully saturated rings. The summed E-state index contributed by atoms with van der Waals surface area (Å²) in [6.07, 6.45) is 3.16. The van der Waals surface area contributed by atoms with Crippen molar-refractivity contribution in [3.05, 3.63) is 41.2 Å². The van der Waals surface area contributed by atoms with Gasteiger partial charge >= 0.3 is 0 Å². The minimum absolute atomic E-state index is 0.0773. The first kappa shape index (κ1) is 13.2. The van der Waals surface area contributed by atoms with Crippen molar-refractivity contribution in [3.8, 4) is 11.8 Å². The summed E-state index contributed by atoms with van der Waals surface area (Å²) in [5, 5.41) is 8.79. The molecule has 1 aromatic carbocycles. The van der Waals surface area contributed by atoms with Crippen molar-refractivity contribution >= 4 is 0 Å². The lowest BCUT2D eigenvalue weighted by atomic mass is 10.2. The molecule has 0 amide bonds. The number of ether oxygens (including phenoxy) is 1. The molecule has 0 heterocycles. The van der Waals surface area contributed by atoms with Crippen LogP contribution < -0.4 is 4.74 Å². The zero-order chi connectivity index (χ0) is 12.8. The van der Waals surface area contributed by atoms with E-state index in [1.807, 2.05) is 19.9 Å². The van der Waals surface area contributed by atoms with Crippen molar-refractivity contribution in [2.75, 3.05) is 0 Å². The van der Waals surface area contributed by atoms with E-state index in [9.17, 15) is 8.78 Å². The molecular weight excluding hydrogens is 224 g/mol. The maximum absolute atomic E-state index is 13.3. The van der Waals surface area contributed by atoms with E-state index in [2.05, 4.69) is 0 Å². The molecule has 4 heteroatoms. The third kappa shape index (κ3) is 3.28. The van der Waals surface area contributed by atoms with E-state index in [1.54, 1.807) is 6.07 Å². The van der Waals surface area contributed by atoms with Gasteiger partial charge in [0, 0.05) is 18.6 Å². The van der Waals surface area contributed by atoms with Gasteiger partial charge in [-0.2, -0.15) is 5.26 Å². The fourth-order valence-electron chi connectivity index (χ4n) is 1.37. The summed E-state index contributed by atoms with van der Waals surface area (Å²) in [5.74, 6) is -1.15. The smallest absolute Gasteiger partial charge is 0.150 e. The maximum Gasteiger partial charge on any atom is 0.150 e. The van der Waals surface area contributed by atoms with Crippen molar-refractivity contribution in [2.45, 2.75) is 26.7 Å². The van der Waals surface area contributed by atoms with E-state index in [0.29, 0.717) is 18.2 Å². The number of halogens is 2. The summed E-state index contributed by atoms with van der Waals surface area (Å²) in [5.41, 5.74) is -0.276. The largest absolute Gasteiger partial charge is 0.460 e. The van der Waals surface area contributed by atoms with Crippen molar-refractivity contribution in [2.24, 2.45) is 0 Å². The Morgan fingerprint density at radius 1 is 1.41 bits per heavy atom. The quantitative estimate of drug-likeness (QED) is 0.743. The van der Waals surface area contributed by atoms with Crippen LogP contribution in [-0.4, -0.2) is 0 Å². The number of hydrogen-bond acceptors (Lipinski definition) is 2. The Balaban J connectivity index is 3.14. The Kier molecular flexibility index (Phi) is 4.65. The first-order valence-electron chi connectivity index (χ1n) is 5.38. The fraction of sp³-hybridized carbons (Fsp3) is 0.308. The molecule has 0 spiro atoms. The molecule has 2 nitrogen and oxygen atoms in total. The maximum atomic E-state index is 13.3. The molecule has 90 valence electrons. The molecule has 1 rings (SSSR count). The average molecular weight is 237 g/mol. The minimum atomic E-state index is -0.908. The van der Waals surface area contributed by atoms with Crippen molar-refractivity contribution in [1.82, 2.24) is 0 Å². The van der Waals surface area contributed by atoms with Gasteiger partial charge in [-0.1, -0.05) is 13.8 Å². The monoisotopic (exact) mass is 237 g/mol. The first-order chi connectivity index (χ1) is 8.12. The highest BCUT2D eigenvalue weighted by Gasteiger charge is 2.13. The van der Waals surface area contributed by atoms with Crippen LogP contribution in [0.2, 0.25) is 0 Å². The van der Waals surface area contributed by atoms with Crippen LogP contribution in [0.3, 0.4) is 0 Å². The van der Waals surface area contributed by atoms with E-state index in [1.165, 1.54) is 0 Å². The van der Waals surface area contributed by atoms with Gasteiger partial charge in [-0.3, -0.25) is 0 Å². The summed E-state index contributed by atoms with van der Waals surface area (Å²) in [4.78, 5) is 0. The van der Waals surface area contributed by atoms with Gasteiger partial charge in [-0.05, 0) is 12.5 Å². The number of allylic oxidation sites excluding steroid dienone is 2. The summed E-state index contributed by atoms with van der Waals surface area (Å²) in [7, 11) is 0. The van der Waals surface area contributed by atoms with Crippen LogP contribution >= 0.6 is 0 Å². The Labute approximate surface area is 99.1 Å². The third-order valence-electron chi connectivity index (χ3n) is 2.15. The molecule has 17 heavy (non-hydrogen) atoms. The summed E-state index contributed by atoms with van der Waals surface area (Å²) in [6.45, 7) is 3.79. The van der Waals surface area contributed by atoms with E-state index in [4.69, 9.17) is 10.00 Å². The second-order valence-electron chi connectivity index (χ2n) is 3.41. The number of hydrogen-bond donors (Lipinski definition) is 0. The lowest BCUT2D eigenvalue weighted by molar-refractivity contribution is 0.398. The Hall–Kier alpha value is -1.89. The molecule has 0 bridgehead atoms. The van der Waals surface area contributed by atoms with Crippen LogP contribution in [0.5, 0.6) is 5.75 Å². The Morgan fingerprint density at radius 2 is 2.12 bits per heavy atom. The standard InChI is InChI=1S/C13H13F2NO/c1-3-5-10(4-2)17-13-7-9(14)6-12(15)11(13)8-16/h5-7H,3-4H2,1-2H3. The molecule has 0 saturated heterocycles. The number of rotatable bonds is 4. The van der Waals surface area contributed by atoms with Gasteiger partial charge in [-0.15, -0.1) is 0 Å². The highest BCUT2D eigenvalue weighted by Crippen LogP contribution is 2.25. The van der Waals surface area contributed by atoms with Crippen molar-refractivity contribution in [3.63, 3.8) is 0 Å². The van der Waals surface area contributed by atoms with E-state index in [-0.39, 0.29) is 11.3 Å². The minimum Gasteiger partial charge on any atom is -0.460 e. The molecule has 0 N–H and O–H groups in total. The lowest BCUT2D eigenvalue weighted by Gasteiger charge is -2.10. The van der Waals surface area contributed by atoms with E-state index < -0.39 is 11.6 Å². The highest BCUT2D eigenvalue weighted by atomic mass is 19.1. The van der Waals surface area contributed by atoms with E-state index >= 15 is 0 Å². The van der Waals surface area contributed by atoms with Crippen LogP contribution in [0, 0.1) is 23.0 Å². The first-order valence-corrected chi connectivity index (χ1v) is 5.38. The molecule has 0 radical (unpaired) electrons. The van der Waals surface area contributed by atoms with Crippen LogP contribution in [-0.2, 0) is 0 Å². The van der Waals surface area contributed by atoms with Crippen LogP contribution in [0.4, 0.5) is 8.78 Å². The van der Waals surface area contributed by atoms with Gasteiger partial charge in [0.05, 0.1) is 5.76 Å². The van der Waals surface area contributed by atoms with Crippen molar-refractivity contribution < 1.29 is 13.5 Å². The molecule has 1 aromatic rings.